The Hall–Kier alpha value is -2.05. The van der Waals surface area contributed by atoms with E-state index in [2.05, 4.69) is 11.0 Å². The van der Waals surface area contributed by atoms with Crippen LogP contribution in [0.4, 0.5) is 0 Å². The number of benzene rings is 2. The van der Waals surface area contributed by atoms with Crippen LogP contribution in [0.1, 0.15) is 12.0 Å². The molecular formula is C16H18N2O. The molecule has 0 heterocycles. The molecule has 0 unspecified atom stereocenters. The van der Waals surface area contributed by atoms with Gasteiger partial charge in [-0.1, -0.05) is 30.3 Å². The van der Waals surface area contributed by atoms with Crippen molar-refractivity contribution in [3.05, 3.63) is 42.0 Å². The maximum absolute atomic E-state index is 9.32. The van der Waals surface area contributed by atoms with E-state index in [1.54, 1.807) is 0 Å². The second kappa shape index (κ2) is 6.21. The van der Waals surface area contributed by atoms with Gasteiger partial charge in [0.05, 0.1) is 6.61 Å². The lowest BCUT2D eigenvalue weighted by molar-refractivity contribution is 0.281. The molecule has 0 fully saturated rings. The van der Waals surface area contributed by atoms with E-state index < -0.39 is 0 Å². The molecule has 0 aliphatic rings. The molecule has 0 N–H and O–H groups in total. The van der Waals surface area contributed by atoms with Crippen LogP contribution in [0.5, 0.6) is 5.75 Å². The van der Waals surface area contributed by atoms with Gasteiger partial charge < -0.3 is 9.64 Å². The van der Waals surface area contributed by atoms with Crippen LogP contribution < -0.4 is 4.74 Å². The summed E-state index contributed by atoms with van der Waals surface area (Å²) in [6.45, 7) is 1.61. The molecule has 2 aromatic carbocycles. The number of rotatable bonds is 5. The molecule has 2 rings (SSSR count). The second-order valence-corrected chi connectivity index (χ2v) is 4.78. The van der Waals surface area contributed by atoms with E-state index in [4.69, 9.17) is 4.74 Å². The minimum atomic E-state index is 0.628. The highest BCUT2D eigenvalue weighted by molar-refractivity contribution is 5.90. The first-order valence-electron chi connectivity index (χ1n) is 6.42. The molecule has 0 spiro atoms. The predicted molar refractivity (Wildman–Crippen MR) is 77.3 cm³/mol. The SMILES string of the molecule is CN(C)CCCOc1ccc2ccccc2c1C#N. The Morgan fingerprint density at radius 2 is 1.95 bits per heavy atom. The Bertz CT molecular complexity index is 599. The van der Waals surface area contributed by atoms with E-state index in [0.29, 0.717) is 17.9 Å². The number of hydrogen-bond acceptors (Lipinski definition) is 3. The van der Waals surface area contributed by atoms with Gasteiger partial charge in [-0.2, -0.15) is 5.26 Å². The zero-order valence-electron chi connectivity index (χ0n) is 11.4. The van der Waals surface area contributed by atoms with Crippen LogP contribution in [0.25, 0.3) is 10.8 Å². The minimum absolute atomic E-state index is 0.628. The van der Waals surface area contributed by atoms with Crippen molar-refractivity contribution in [2.24, 2.45) is 0 Å². The van der Waals surface area contributed by atoms with Gasteiger partial charge >= 0.3 is 0 Å². The van der Waals surface area contributed by atoms with Gasteiger partial charge in [0.2, 0.25) is 0 Å². The summed E-state index contributed by atoms with van der Waals surface area (Å²) < 4.78 is 5.74. The molecule has 0 aliphatic heterocycles. The van der Waals surface area contributed by atoms with Gasteiger partial charge in [0.25, 0.3) is 0 Å². The van der Waals surface area contributed by atoms with E-state index in [1.807, 2.05) is 50.5 Å². The Morgan fingerprint density at radius 1 is 1.16 bits per heavy atom. The van der Waals surface area contributed by atoms with Crippen molar-refractivity contribution in [2.75, 3.05) is 27.2 Å². The molecular weight excluding hydrogens is 236 g/mol. The molecule has 0 saturated carbocycles. The molecule has 0 atom stereocenters. The molecule has 0 aromatic heterocycles. The standard InChI is InChI=1S/C16H18N2O/c1-18(2)10-5-11-19-16-9-8-13-6-3-4-7-14(13)15(16)12-17/h3-4,6-9H,5,10-11H2,1-2H3. The van der Waals surface area contributed by atoms with Gasteiger partial charge in [-0.25, -0.2) is 0 Å². The summed E-state index contributed by atoms with van der Waals surface area (Å²) in [6.07, 6.45) is 0.949. The van der Waals surface area contributed by atoms with Crippen molar-refractivity contribution in [1.82, 2.24) is 4.90 Å². The minimum Gasteiger partial charge on any atom is -0.492 e. The molecule has 0 bridgehead atoms. The van der Waals surface area contributed by atoms with Gasteiger partial charge in [0.1, 0.15) is 17.4 Å². The van der Waals surface area contributed by atoms with E-state index in [-0.39, 0.29) is 0 Å². The van der Waals surface area contributed by atoms with Gasteiger partial charge in [-0.15, -0.1) is 0 Å². The largest absolute Gasteiger partial charge is 0.492 e. The molecule has 0 aliphatic carbocycles. The van der Waals surface area contributed by atoms with Crippen molar-refractivity contribution in [3.63, 3.8) is 0 Å². The highest BCUT2D eigenvalue weighted by Gasteiger charge is 2.07. The van der Waals surface area contributed by atoms with E-state index in [9.17, 15) is 5.26 Å². The topological polar surface area (TPSA) is 36.3 Å². The lowest BCUT2D eigenvalue weighted by atomic mass is 10.0. The Kier molecular flexibility index (Phi) is 4.38. The van der Waals surface area contributed by atoms with Crippen molar-refractivity contribution in [2.45, 2.75) is 6.42 Å². The van der Waals surface area contributed by atoms with Gasteiger partial charge in [0, 0.05) is 11.9 Å². The summed E-state index contributed by atoms with van der Waals surface area (Å²) in [5, 5.41) is 11.3. The summed E-state index contributed by atoms with van der Waals surface area (Å²) in [4.78, 5) is 2.12. The van der Waals surface area contributed by atoms with Crippen LogP contribution in [0.2, 0.25) is 0 Å². The van der Waals surface area contributed by atoms with Crippen LogP contribution in [-0.2, 0) is 0 Å². The van der Waals surface area contributed by atoms with Crippen LogP contribution in [0, 0.1) is 11.3 Å². The summed E-state index contributed by atoms with van der Waals surface area (Å²) in [5.74, 6) is 0.681. The van der Waals surface area contributed by atoms with Crippen LogP contribution in [0.15, 0.2) is 36.4 Å². The average molecular weight is 254 g/mol. The van der Waals surface area contributed by atoms with E-state index in [0.717, 1.165) is 23.7 Å². The van der Waals surface area contributed by atoms with Crippen LogP contribution in [-0.4, -0.2) is 32.1 Å². The lowest BCUT2D eigenvalue weighted by Crippen LogP contribution is -2.15. The highest BCUT2D eigenvalue weighted by atomic mass is 16.5. The van der Waals surface area contributed by atoms with Gasteiger partial charge in [0.15, 0.2) is 0 Å². The Morgan fingerprint density at radius 3 is 2.68 bits per heavy atom. The third-order valence-electron chi connectivity index (χ3n) is 3.01. The van der Waals surface area contributed by atoms with E-state index in [1.165, 1.54) is 0 Å². The number of ether oxygens (including phenoxy) is 1. The third kappa shape index (κ3) is 3.24. The average Bonchev–Trinajstić information content (AvgIpc) is 2.42. The highest BCUT2D eigenvalue weighted by Crippen LogP contribution is 2.27. The molecule has 0 amide bonds. The first-order valence-corrected chi connectivity index (χ1v) is 6.42. The fraction of sp³-hybridized carbons (Fsp3) is 0.312. The molecule has 2 aromatic rings. The molecule has 19 heavy (non-hydrogen) atoms. The summed E-state index contributed by atoms with van der Waals surface area (Å²) >= 11 is 0. The predicted octanol–water partition coefficient (Wildman–Crippen LogP) is 3.04. The first kappa shape index (κ1) is 13.4. The van der Waals surface area contributed by atoms with E-state index >= 15 is 0 Å². The zero-order chi connectivity index (χ0) is 13.7. The first-order chi connectivity index (χ1) is 9.22. The smallest absolute Gasteiger partial charge is 0.137 e. The number of hydrogen-bond donors (Lipinski definition) is 0. The number of nitrogens with zero attached hydrogens (tertiary/aromatic N) is 2. The van der Waals surface area contributed by atoms with Crippen molar-refractivity contribution in [3.8, 4) is 11.8 Å². The summed E-state index contributed by atoms with van der Waals surface area (Å²) in [6, 6.07) is 14.0. The molecule has 0 radical (unpaired) electrons. The normalized spacial score (nSPS) is 10.6. The Labute approximate surface area is 114 Å². The fourth-order valence-electron chi connectivity index (χ4n) is 2.05. The maximum atomic E-state index is 9.32. The maximum Gasteiger partial charge on any atom is 0.137 e. The van der Waals surface area contributed by atoms with Crippen molar-refractivity contribution >= 4 is 10.8 Å². The monoisotopic (exact) mass is 254 g/mol. The van der Waals surface area contributed by atoms with Gasteiger partial charge in [-0.3, -0.25) is 0 Å². The second-order valence-electron chi connectivity index (χ2n) is 4.78. The summed E-state index contributed by atoms with van der Waals surface area (Å²) in [7, 11) is 4.08. The van der Waals surface area contributed by atoms with Crippen molar-refractivity contribution in [1.29, 1.82) is 5.26 Å². The molecule has 3 nitrogen and oxygen atoms in total. The molecule has 98 valence electrons. The number of nitriles is 1. The van der Waals surface area contributed by atoms with Crippen LogP contribution >= 0.6 is 0 Å². The fourth-order valence-corrected chi connectivity index (χ4v) is 2.05. The van der Waals surface area contributed by atoms with Crippen LogP contribution in [0.3, 0.4) is 0 Å². The Balaban J connectivity index is 2.17. The molecule has 3 heteroatoms. The quantitative estimate of drug-likeness (QED) is 0.769. The van der Waals surface area contributed by atoms with Crippen molar-refractivity contribution < 1.29 is 4.74 Å². The summed E-state index contributed by atoms with van der Waals surface area (Å²) in [5.41, 5.74) is 0.628. The third-order valence-corrected chi connectivity index (χ3v) is 3.01. The molecule has 0 saturated heterocycles. The van der Waals surface area contributed by atoms with Gasteiger partial charge in [-0.05, 0) is 32.0 Å². The zero-order valence-corrected chi connectivity index (χ0v) is 11.4. The number of fused-ring (bicyclic) bond motifs is 1. The lowest BCUT2D eigenvalue weighted by Gasteiger charge is -2.12.